The quantitative estimate of drug-likeness (QED) is 0.845. The molecule has 1 aliphatic heterocycles. The van der Waals surface area contributed by atoms with Crippen molar-refractivity contribution in [2.75, 3.05) is 23.7 Å². The van der Waals surface area contributed by atoms with Crippen LogP contribution in [0.15, 0.2) is 16.6 Å². The summed E-state index contributed by atoms with van der Waals surface area (Å²) in [6, 6.07) is 3.17. The molecule has 0 spiro atoms. The lowest BCUT2D eigenvalue weighted by atomic mass is 10.1. The molecule has 1 aromatic carbocycles. The van der Waals surface area contributed by atoms with Crippen molar-refractivity contribution in [3.05, 3.63) is 22.4 Å². The van der Waals surface area contributed by atoms with Crippen molar-refractivity contribution in [1.29, 1.82) is 0 Å². The van der Waals surface area contributed by atoms with E-state index in [1.165, 1.54) is 18.9 Å². The van der Waals surface area contributed by atoms with Gasteiger partial charge in [-0.25, -0.2) is 4.39 Å². The third-order valence-corrected chi connectivity index (χ3v) is 3.88. The number of nitrogens with zero attached hydrogens (tertiary/aromatic N) is 1. The summed E-state index contributed by atoms with van der Waals surface area (Å²) in [5.74, 6) is 0.468. The summed E-state index contributed by atoms with van der Waals surface area (Å²) in [7, 11) is 0. The largest absolute Gasteiger partial charge is 0.397 e. The molecule has 0 aromatic heterocycles. The van der Waals surface area contributed by atoms with Crippen LogP contribution in [0.4, 0.5) is 15.8 Å². The van der Waals surface area contributed by atoms with Crippen molar-refractivity contribution in [1.82, 2.24) is 0 Å². The Hall–Kier alpha value is -0.770. The monoisotopic (exact) mass is 286 g/mol. The van der Waals surface area contributed by atoms with Gasteiger partial charge < -0.3 is 10.6 Å². The highest BCUT2D eigenvalue weighted by atomic mass is 79.9. The average Bonchev–Trinajstić information content (AvgIpc) is 2.71. The van der Waals surface area contributed by atoms with Crippen molar-refractivity contribution >= 4 is 27.3 Å². The zero-order chi connectivity index (χ0) is 11.7. The van der Waals surface area contributed by atoms with E-state index in [9.17, 15) is 4.39 Å². The third kappa shape index (κ3) is 2.17. The molecule has 4 heteroatoms. The van der Waals surface area contributed by atoms with Crippen LogP contribution in [0.2, 0.25) is 0 Å². The van der Waals surface area contributed by atoms with Gasteiger partial charge in [0.1, 0.15) is 5.82 Å². The number of halogens is 2. The second-order valence-electron chi connectivity index (χ2n) is 4.33. The van der Waals surface area contributed by atoms with E-state index >= 15 is 0 Å². The number of benzene rings is 1. The smallest absolute Gasteiger partial charge is 0.139 e. The van der Waals surface area contributed by atoms with E-state index in [1.807, 2.05) is 0 Å². The van der Waals surface area contributed by atoms with Gasteiger partial charge in [-0.3, -0.25) is 0 Å². The molecule has 2 N–H and O–H groups in total. The van der Waals surface area contributed by atoms with Crippen LogP contribution in [0.5, 0.6) is 0 Å². The molecule has 1 heterocycles. The predicted octanol–water partition coefficient (Wildman–Crippen LogP) is 3.41. The number of anilines is 2. The van der Waals surface area contributed by atoms with E-state index in [1.54, 1.807) is 6.07 Å². The van der Waals surface area contributed by atoms with E-state index in [4.69, 9.17) is 5.73 Å². The minimum atomic E-state index is -0.246. The second kappa shape index (κ2) is 4.62. The Bertz CT molecular complexity index is 395. The number of hydrogen-bond acceptors (Lipinski definition) is 2. The van der Waals surface area contributed by atoms with Gasteiger partial charge in [-0.1, -0.05) is 13.3 Å². The molecule has 1 saturated heterocycles. The molecule has 16 heavy (non-hydrogen) atoms. The molecule has 1 atom stereocenters. The molecular weight excluding hydrogens is 271 g/mol. The van der Waals surface area contributed by atoms with Crippen molar-refractivity contribution in [2.45, 2.75) is 19.8 Å². The lowest BCUT2D eigenvalue weighted by Crippen LogP contribution is -2.21. The van der Waals surface area contributed by atoms with Crippen molar-refractivity contribution in [2.24, 2.45) is 5.92 Å². The van der Waals surface area contributed by atoms with Gasteiger partial charge >= 0.3 is 0 Å². The van der Waals surface area contributed by atoms with Crippen LogP contribution in [0.1, 0.15) is 19.8 Å². The SMILES string of the molecule is CCC1CCN(c2cc(F)c(Br)cc2N)C1. The van der Waals surface area contributed by atoms with Gasteiger partial charge in [0.2, 0.25) is 0 Å². The summed E-state index contributed by atoms with van der Waals surface area (Å²) < 4.78 is 13.9. The van der Waals surface area contributed by atoms with Crippen LogP contribution in [-0.4, -0.2) is 13.1 Å². The van der Waals surface area contributed by atoms with Gasteiger partial charge in [-0.05, 0) is 34.3 Å². The summed E-state index contributed by atoms with van der Waals surface area (Å²) in [6.45, 7) is 4.16. The number of nitrogens with two attached hydrogens (primary N) is 1. The Morgan fingerprint density at radius 2 is 2.31 bits per heavy atom. The van der Waals surface area contributed by atoms with Crippen LogP contribution < -0.4 is 10.6 Å². The molecule has 1 aliphatic rings. The average molecular weight is 287 g/mol. The van der Waals surface area contributed by atoms with Crippen LogP contribution >= 0.6 is 15.9 Å². The Labute approximate surface area is 104 Å². The first-order valence-electron chi connectivity index (χ1n) is 5.61. The summed E-state index contributed by atoms with van der Waals surface area (Å²) in [6.07, 6.45) is 2.35. The predicted molar refractivity (Wildman–Crippen MR) is 69.1 cm³/mol. The van der Waals surface area contributed by atoms with Gasteiger partial charge in [0, 0.05) is 19.2 Å². The first-order chi connectivity index (χ1) is 7.61. The summed E-state index contributed by atoms with van der Waals surface area (Å²) in [4.78, 5) is 2.18. The number of hydrogen-bond donors (Lipinski definition) is 1. The van der Waals surface area contributed by atoms with E-state index in [-0.39, 0.29) is 5.82 Å². The molecule has 0 amide bonds. The number of nitrogen functional groups attached to an aromatic ring is 1. The van der Waals surface area contributed by atoms with Gasteiger partial charge in [0.15, 0.2) is 0 Å². The molecule has 88 valence electrons. The van der Waals surface area contributed by atoms with E-state index < -0.39 is 0 Å². The third-order valence-electron chi connectivity index (χ3n) is 3.27. The molecule has 1 unspecified atom stereocenters. The second-order valence-corrected chi connectivity index (χ2v) is 5.19. The Balaban J connectivity index is 2.24. The summed E-state index contributed by atoms with van der Waals surface area (Å²) in [5, 5.41) is 0. The Morgan fingerprint density at radius 1 is 1.56 bits per heavy atom. The Morgan fingerprint density at radius 3 is 2.94 bits per heavy atom. The molecule has 0 aliphatic carbocycles. The first-order valence-corrected chi connectivity index (χ1v) is 6.40. The van der Waals surface area contributed by atoms with Crippen molar-refractivity contribution in [3.63, 3.8) is 0 Å². The Kier molecular flexibility index (Phi) is 3.38. The summed E-state index contributed by atoms with van der Waals surface area (Å²) >= 11 is 3.14. The minimum absolute atomic E-state index is 0.246. The maximum Gasteiger partial charge on any atom is 0.139 e. The maximum atomic E-state index is 13.5. The van der Waals surface area contributed by atoms with Crippen LogP contribution in [0.3, 0.4) is 0 Å². The highest BCUT2D eigenvalue weighted by Crippen LogP contribution is 2.33. The van der Waals surface area contributed by atoms with Crippen LogP contribution in [0.25, 0.3) is 0 Å². The highest BCUT2D eigenvalue weighted by molar-refractivity contribution is 9.10. The fraction of sp³-hybridized carbons (Fsp3) is 0.500. The normalized spacial score (nSPS) is 20.4. The maximum absolute atomic E-state index is 13.5. The van der Waals surface area contributed by atoms with Gasteiger partial charge in [0.25, 0.3) is 0 Å². The summed E-state index contributed by atoms with van der Waals surface area (Å²) in [5.41, 5.74) is 7.39. The topological polar surface area (TPSA) is 29.3 Å². The van der Waals surface area contributed by atoms with Crippen LogP contribution in [0, 0.1) is 11.7 Å². The lowest BCUT2D eigenvalue weighted by Gasteiger charge is -2.21. The standard InChI is InChI=1S/C12H16BrFN2/c1-2-8-3-4-16(7-8)12-6-10(14)9(13)5-11(12)15/h5-6,8H,2-4,7,15H2,1H3. The van der Waals surface area contributed by atoms with Gasteiger partial charge in [-0.2, -0.15) is 0 Å². The van der Waals surface area contributed by atoms with Crippen molar-refractivity contribution < 1.29 is 4.39 Å². The highest BCUT2D eigenvalue weighted by Gasteiger charge is 2.23. The molecular formula is C12H16BrFN2. The lowest BCUT2D eigenvalue weighted by molar-refractivity contribution is 0.569. The van der Waals surface area contributed by atoms with Crippen molar-refractivity contribution in [3.8, 4) is 0 Å². The molecule has 0 radical (unpaired) electrons. The first kappa shape index (κ1) is 11.7. The molecule has 1 aromatic rings. The fourth-order valence-electron chi connectivity index (χ4n) is 2.21. The minimum Gasteiger partial charge on any atom is -0.397 e. The van der Waals surface area contributed by atoms with Crippen LogP contribution in [-0.2, 0) is 0 Å². The molecule has 1 fully saturated rings. The van der Waals surface area contributed by atoms with Gasteiger partial charge in [-0.15, -0.1) is 0 Å². The fourth-order valence-corrected chi connectivity index (χ4v) is 2.57. The zero-order valence-electron chi connectivity index (χ0n) is 9.34. The van der Waals surface area contributed by atoms with E-state index in [2.05, 4.69) is 27.8 Å². The molecule has 0 saturated carbocycles. The molecule has 2 nitrogen and oxygen atoms in total. The molecule has 0 bridgehead atoms. The molecule has 2 rings (SSSR count). The van der Waals surface area contributed by atoms with E-state index in [0.29, 0.717) is 16.1 Å². The zero-order valence-corrected chi connectivity index (χ0v) is 10.9. The number of rotatable bonds is 2. The van der Waals surface area contributed by atoms with E-state index in [0.717, 1.165) is 18.8 Å². The van der Waals surface area contributed by atoms with Gasteiger partial charge in [0.05, 0.1) is 15.8 Å².